The van der Waals surface area contributed by atoms with Crippen molar-refractivity contribution in [2.45, 2.75) is 32.6 Å². The number of aromatic nitrogens is 2. The van der Waals surface area contributed by atoms with Crippen LogP contribution in [0.25, 0.3) is 0 Å². The number of nitrogens with zero attached hydrogens (tertiary/aromatic N) is 1. The van der Waals surface area contributed by atoms with Crippen LogP contribution in [0, 0.1) is 5.92 Å². The first-order valence-electron chi connectivity index (χ1n) is 6.79. The number of amides is 1. The van der Waals surface area contributed by atoms with Crippen molar-refractivity contribution in [1.29, 1.82) is 0 Å². The Balaban J connectivity index is 1.76. The van der Waals surface area contributed by atoms with Gasteiger partial charge in [-0.1, -0.05) is 13.8 Å². The molecule has 19 heavy (non-hydrogen) atoms. The van der Waals surface area contributed by atoms with Gasteiger partial charge in [-0.15, -0.1) is 0 Å². The predicted octanol–water partition coefficient (Wildman–Crippen LogP) is 1.27. The van der Waals surface area contributed by atoms with Gasteiger partial charge < -0.3 is 15.8 Å². The maximum absolute atomic E-state index is 11.9. The Morgan fingerprint density at radius 1 is 1.58 bits per heavy atom. The zero-order valence-electron chi connectivity index (χ0n) is 11.5. The molecule has 1 aromatic rings. The fourth-order valence-corrected chi connectivity index (χ4v) is 1.86. The third-order valence-corrected chi connectivity index (χ3v) is 3.02. The SMILES string of the molecule is CC(C)COCCNC(=O)c1n[nH]c(C2CC2)c1N. The van der Waals surface area contributed by atoms with Gasteiger partial charge in [0.25, 0.3) is 5.91 Å². The second-order valence-corrected chi connectivity index (χ2v) is 5.40. The van der Waals surface area contributed by atoms with Gasteiger partial charge >= 0.3 is 0 Å². The van der Waals surface area contributed by atoms with Crippen molar-refractivity contribution in [2.24, 2.45) is 5.92 Å². The molecule has 0 spiro atoms. The third kappa shape index (κ3) is 3.70. The summed E-state index contributed by atoms with van der Waals surface area (Å²) in [6.07, 6.45) is 2.24. The van der Waals surface area contributed by atoms with Crippen molar-refractivity contribution in [3.63, 3.8) is 0 Å². The standard InChI is InChI=1S/C13H22N4O2/c1-8(2)7-19-6-5-15-13(18)12-10(14)11(16-17-12)9-3-4-9/h8-9H,3-7,14H2,1-2H3,(H,15,18)(H,16,17). The van der Waals surface area contributed by atoms with E-state index in [9.17, 15) is 4.79 Å². The van der Waals surface area contributed by atoms with E-state index in [1.54, 1.807) is 0 Å². The highest BCUT2D eigenvalue weighted by atomic mass is 16.5. The molecule has 1 fully saturated rings. The van der Waals surface area contributed by atoms with Gasteiger partial charge in [-0.2, -0.15) is 5.10 Å². The number of ether oxygens (including phenoxy) is 1. The van der Waals surface area contributed by atoms with Crippen LogP contribution >= 0.6 is 0 Å². The molecule has 6 heteroatoms. The van der Waals surface area contributed by atoms with E-state index >= 15 is 0 Å². The van der Waals surface area contributed by atoms with Gasteiger partial charge in [-0.25, -0.2) is 0 Å². The first-order chi connectivity index (χ1) is 9.09. The topological polar surface area (TPSA) is 93.0 Å². The summed E-state index contributed by atoms with van der Waals surface area (Å²) in [5, 5.41) is 9.63. The van der Waals surface area contributed by atoms with E-state index in [0.717, 1.165) is 18.5 Å². The Morgan fingerprint density at radius 3 is 2.95 bits per heavy atom. The monoisotopic (exact) mass is 266 g/mol. The molecule has 1 aliphatic carbocycles. The molecule has 4 N–H and O–H groups in total. The second kappa shape index (κ2) is 6.06. The molecule has 106 valence electrons. The molecule has 0 bridgehead atoms. The largest absolute Gasteiger partial charge is 0.395 e. The average Bonchev–Trinajstić information content (AvgIpc) is 3.12. The van der Waals surface area contributed by atoms with Gasteiger partial charge in [-0.05, 0) is 18.8 Å². The molecule has 0 aromatic carbocycles. The van der Waals surface area contributed by atoms with Crippen LogP contribution in [0.3, 0.4) is 0 Å². The average molecular weight is 266 g/mol. The van der Waals surface area contributed by atoms with Crippen molar-refractivity contribution in [2.75, 3.05) is 25.5 Å². The van der Waals surface area contributed by atoms with Crippen LogP contribution in [0.2, 0.25) is 0 Å². The van der Waals surface area contributed by atoms with Gasteiger partial charge in [0.15, 0.2) is 5.69 Å². The number of hydrogen-bond donors (Lipinski definition) is 3. The minimum Gasteiger partial charge on any atom is -0.395 e. The highest BCUT2D eigenvalue weighted by Gasteiger charge is 2.30. The minimum absolute atomic E-state index is 0.242. The van der Waals surface area contributed by atoms with E-state index in [1.807, 2.05) is 0 Å². The lowest BCUT2D eigenvalue weighted by atomic mass is 10.2. The summed E-state index contributed by atoms with van der Waals surface area (Å²) < 4.78 is 5.39. The molecular formula is C13H22N4O2. The van der Waals surface area contributed by atoms with Gasteiger partial charge in [-0.3, -0.25) is 9.89 Å². The van der Waals surface area contributed by atoms with E-state index in [0.29, 0.717) is 43.0 Å². The number of carbonyl (C=O) groups excluding carboxylic acids is 1. The Morgan fingerprint density at radius 2 is 2.32 bits per heavy atom. The lowest BCUT2D eigenvalue weighted by molar-refractivity contribution is 0.0883. The predicted molar refractivity (Wildman–Crippen MR) is 73.0 cm³/mol. The van der Waals surface area contributed by atoms with Crippen LogP contribution in [0.1, 0.15) is 48.8 Å². The van der Waals surface area contributed by atoms with Crippen LogP contribution in [-0.4, -0.2) is 35.9 Å². The zero-order chi connectivity index (χ0) is 13.8. The molecule has 0 atom stereocenters. The van der Waals surface area contributed by atoms with Gasteiger partial charge in [0, 0.05) is 19.1 Å². The Hall–Kier alpha value is -1.56. The summed E-state index contributed by atoms with van der Waals surface area (Å²) >= 11 is 0. The second-order valence-electron chi connectivity index (χ2n) is 5.40. The maximum Gasteiger partial charge on any atom is 0.274 e. The molecule has 1 amide bonds. The van der Waals surface area contributed by atoms with Crippen molar-refractivity contribution in [3.8, 4) is 0 Å². The van der Waals surface area contributed by atoms with Crippen molar-refractivity contribution < 1.29 is 9.53 Å². The summed E-state index contributed by atoms with van der Waals surface area (Å²) in [4.78, 5) is 11.9. The number of hydrogen-bond acceptors (Lipinski definition) is 4. The normalized spacial score (nSPS) is 14.9. The van der Waals surface area contributed by atoms with Crippen LogP contribution in [0.15, 0.2) is 0 Å². The van der Waals surface area contributed by atoms with E-state index < -0.39 is 0 Å². The van der Waals surface area contributed by atoms with Crippen molar-refractivity contribution in [3.05, 3.63) is 11.4 Å². The van der Waals surface area contributed by atoms with E-state index in [1.165, 1.54) is 0 Å². The quantitative estimate of drug-likeness (QED) is 0.648. The van der Waals surface area contributed by atoms with Gasteiger partial charge in [0.05, 0.1) is 18.0 Å². The zero-order valence-corrected chi connectivity index (χ0v) is 11.5. The lowest BCUT2D eigenvalue weighted by Gasteiger charge is -2.07. The van der Waals surface area contributed by atoms with E-state index in [-0.39, 0.29) is 5.91 Å². The summed E-state index contributed by atoms with van der Waals surface area (Å²) in [7, 11) is 0. The number of carbonyl (C=O) groups is 1. The number of H-pyrrole nitrogens is 1. The Kier molecular flexibility index (Phi) is 4.42. The van der Waals surface area contributed by atoms with Crippen molar-refractivity contribution >= 4 is 11.6 Å². The third-order valence-electron chi connectivity index (χ3n) is 3.02. The fraction of sp³-hybridized carbons (Fsp3) is 0.692. The summed E-state index contributed by atoms with van der Waals surface area (Å²) in [5.41, 5.74) is 7.62. The molecular weight excluding hydrogens is 244 g/mol. The number of nitrogens with one attached hydrogen (secondary N) is 2. The fourth-order valence-electron chi connectivity index (χ4n) is 1.86. The molecule has 0 aliphatic heterocycles. The molecule has 1 aliphatic rings. The molecule has 1 heterocycles. The van der Waals surface area contributed by atoms with Crippen LogP contribution in [-0.2, 0) is 4.74 Å². The lowest BCUT2D eigenvalue weighted by Crippen LogP contribution is -2.28. The Labute approximate surface area is 113 Å². The van der Waals surface area contributed by atoms with Crippen LogP contribution < -0.4 is 11.1 Å². The minimum atomic E-state index is -0.242. The van der Waals surface area contributed by atoms with E-state index in [2.05, 4.69) is 29.4 Å². The number of anilines is 1. The summed E-state index contributed by atoms with van der Waals surface area (Å²) in [5.74, 6) is 0.719. The smallest absolute Gasteiger partial charge is 0.274 e. The first-order valence-corrected chi connectivity index (χ1v) is 6.79. The highest BCUT2D eigenvalue weighted by Crippen LogP contribution is 2.42. The molecule has 1 aromatic heterocycles. The molecule has 0 saturated heterocycles. The highest BCUT2D eigenvalue weighted by molar-refractivity contribution is 5.97. The number of nitrogen functional groups attached to an aromatic ring is 1. The van der Waals surface area contributed by atoms with Crippen LogP contribution in [0.4, 0.5) is 5.69 Å². The van der Waals surface area contributed by atoms with Crippen molar-refractivity contribution in [1.82, 2.24) is 15.5 Å². The molecule has 0 radical (unpaired) electrons. The summed E-state index contributed by atoms with van der Waals surface area (Å²) in [6.45, 7) is 5.84. The van der Waals surface area contributed by atoms with Gasteiger partial charge in [0.1, 0.15) is 0 Å². The number of rotatable bonds is 7. The first kappa shape index (κ1) is 13.9. The van der Waals surface area contributed by atoms with Gasteiger partial charge in [0.2, 0.25) is 0 Å². The van der Waals surface area contributed by atoms with E-state index in [4.69, 9.17) is 10.5 Å². The Bertz CT molecular complexity index is 438. The molecule has 6 nitrogen and oxygen atoms in total. The molecule has 1 saturated carbocycles. The van der Waals surface area contributed by atoms with Crippen LogP contribution in [0.5, 0.6) is 0 Å². The molecule has 2 rings (SSSR count). The summed E-state index contributed by atoms with van der Waals surface area (Å²) in [6, 6.07) is 0. The maximum atomic E-state index is 11.9. The molecule has 0 unspecified atom stereocenters. The number of aromatic amines is 1. The number of nitrogens with two attached hydrogens (primary N) is 1.